The number of fused-ring (bicyclic) bond motifs is 1. The van der Waals surface area contributed by atoms with Crippen LogP contribution in [0.25, 0.3) is 0 Å². The molecular weight excluding hydrogens is 502 g/mol. The van der Waals surface area contributed by atoms with Gasteiger partial charge in [-0.2, -0.15) is 8.78 Å². The molecule has 4 unspecified atom stereocenters. The predicted octanol–water partition coefficient (Wildman–Crippen LogP) is 10.4. The Morgan fingerprint density at radius 2 is 1.32 bits per heavy atom. The fourth-order valence-electron chi connectivity index (χ4n) is 7.73. The quantitative estimate of drug-likeness (QED) is 0.274. The van der Waals surface area contributed by atoms with Crippen molar-refractivity contribution in [1.82, 2.24) is 0 Å². The fraction of sp³-hybridized carbons (Fsp3) is 0.611. The molecule has 3 aliphatic carbocycles. The first-order valence-corrected chi connectivity index (χ1v) is 16.0. The number of allylic oxidation sites excluding steroid dienone is 2. The van der Waals surface area contributed by atoms with E-state index in [0.717, 1.165) is 35.2 Å². The molecule has 3 fully saturated rings. The predicted molar refractivity (Wildman–Crippen MR) is 159 cm³/mol. The molecule has 0 bridgehead atoms. The zero-order valence-electron chi connectivity index (χ0n) is 24.6. The molecule has 4 atom stereocenters. The third-order valence-corrected chi connectivity index (χ3v) is 10.1. The molecule has 0 spiro atoms. The summed E-state index contributed by atoms with van der Waals surface area (Å²) in [5.74, 6) is 2.80. The third-order valence-electron chi connectivity index (χ3n) is 10.1. The summed E-state index contributed by atoms with van der Waals surface area (Å²) in [5, 5.41) is 0. The van der Waals surface area contributed by atoms with Gasteiger partial charge in [-0.05, 0) is 130 Å². The number of ether oxygens (including phenoxy) is 2. The van der Waals surface area contributed by atoms with Crippen molar-refractivity contribution in [2.24, 2.45) is 29.6 Å². The van der Waals surface area contributed by atoms with E-state index >= 15 is 0 Å². The number of halogens is 2. The molecular formula is C36H48F2O2. The largest absolute Gasteiger partial charge is 0.491 e. The highest BCUT2D eigenvalue weighted by atomic mass is 19.2. The molecule has 0 radical (unpaired) electrons. The van der Waals surface area contributed by atoms with E-state index in [-0.39, 0.29) is 24.7 Å². The van der Waals surface area contributed by atoms with Gasteiger partial charge in [0.2, 0.25) is 11.6 Å². The van der Waals surface area contributed by atoms with Gasteiger partial charge in [0.05, 0.1) is 6.61 Å². The molecule has 0 aromatic heterocycles. The summed E-state index contributed by atoms with van der Waals surface area (Å²) in [6.45, 7) is 4.54. The number of benzene rings is 2. The molecule has 2 aromatic rings. The Labute approximate surface area is 240 Å². The van der Waals surface area contributed by atoms with Crippen molar-refractivity contribution in [2.45, 2.75) is 103 Å². The molecule has 2 aromatic carbocycles. The van der Waals surface area contributed by atoms with Crippen LogP contribution in [0, 0.1) is 41.2 Å². The van der Waals surface area contributed by atoms with E-state index in [1.807, 2.05) is 0 Å². The summed E-state index contributed by atoms with van der Waals surface area (Å²) in [5.41, 5.74) is 2.36. The van der Waals surface area contributed by atoms with Crippen molar-refractivity contribution >= 4 is 0 Å². The standard InChI is InChI=1S/C36H48F2O2/c1-3-5-25-6-8-26(9-7-25)10-11-27-12-17-32-23-31(19-18-30(32)22-27)29-15-13-28(14-16-29)24-40-34-21-20-33(39-4-2)35(37)36(34)38/h10-11,13-16,20-21,25-27,30-32H,3-9,12,17-19,22-24H2,1-2H3/b11-10+. The molecule has 3 saturated carbocycles. The Kier molecular flexibility index (Phi) is 10.2. The van der Waals surface area contributed by atoms with Crippen LogP contribution in [-0.2, 0) is 6.61 Å². The van der Waals surface area contributed by atoms with Crippen molar-refractivity contribution in [3.05, 3.63) is 71.3 Å². The van der Waals surface area contributed by atoms with E-state index in [4.69, 9.17) is 9.47 Å². The second kappa shape index (κ2) is 14.0. The van der Waals surface area contributed by atoms with Gasteiger partial charge in [0, 0.05) is 0 Å². The van der Waals surface area contributed by atoms with E-state index in [2.05, 4.69) is 43.3 Å². The maximum absolute atomic E-state index is 14.3. The van der Waals surface area contributed by atoms with Crippen molar-refractivity contribution in [3.63, 3.8) is 0 Å². The molecule has 0 N–H and O–H groups in total. The first-order chi connectivity index (χ1) is 19.5. The lowest BCUT2D eigenvalue weighted by Gasteiger charge is -2.42. The molecule has 2 nitrogen and oxygen atoms in total. The molecule has 0 amide bonds. The summed E-state index contributed by atoms with van der Waals surface area (Å²) < 4.78 is 39.2. The normalized spacial score (nSPS) is 28.8. The van der Waals surface area contributed by atoms with Gasteiger partial charge in [-0.1, -0.05) is 56.2 Å². The third kappa shape index (κ3) is 7.28. The maximum Gasteiger partial charge on any atom is 0.204 e. The summed E-state index contributed by atoms with van der Waals surface area (Å²) in [4.78, 5) is 0. The van der Waals surface area contributed by atoms with E-state index in [9.17, 15) is 8.78 Å². The average Bonchev–Trinajstić information content (AvgIpc) is 2.99. The molecule has 0 saturated heterocycles. The summed E-state index contributed by atoms with van der Waals surface area (Å²) in [7, 11) is 0. The highest BCUT2D eigenvalue weighted by Crippen LogP contribution is 2.48. The second-order valence-electron chi connectivity index (χ2n) is 12.7. The van der Waals surface area contributed by atoms with E-state index in [0.29, 0.717) is 5.92 Å². The monoisotopic (exact) mass is 550 g/mol. The molecule has 0 heterocycles. The second-order valence-corrected chi connectivity index (χ2v) is 12.7. The van der Waals surface area contributed by atoms with Crippen LogP contribution in [0.5, 0.6) is 11.5 Å². The van der Waals surface area contributed by atoms with Crippen molar-refractivity contribution in [2.75, 3.05) is 6.61 Å². The SMILES string of the molecule is CCCC1CCC(/C=C/C2CCC3CC(c4ccc(COc5ccc(OCC)c(F)c5F)cc4)CCC3C2)CC1. The van der Waals surface area contributed by atoms with Crippen molar-refractivity contribution in [3.8, 4) is 11.5 Å². The first kappa shape index (κ1) is 29.1. The van der Waals surface area contributed by atoms with Crippen LogP contribution in [-0.4, -0.2) is 6.61 Å². The Morgan fingerprint density at radius 3 is 2.02 bits per heavy atom. The van der Waals surface area contributed by atoms with Gasteiger partial charge in [-0.3, -0.25) is 0 Å². The lowest BCUT2D eigenvalue weighted by atomic mass is 9.63. The van der Waals surface area contributed by atoms with Gasteiger partial charge in [0.15, 0.2) is 11.5 Å². The fourth-order valence-corrected chi connectivity index (χ4v) is 7.73. The summed E-state index contributed by atoms with van der Waals surface area (Å²) in [6, 6.07) is 11.4. The van der Waals surface area contributed by atoms with Gasteiger partial charge in [0.25, 0.3) is 0 Å². The topological polar surface area (TPSA) is 18.5 Å². The van der Waals surface area contributed by atoms with Crippen molar-refractivity contribution in [1.29, 1.82) is 0 Å². The Hall–Kier alpha value is -2.36. The zero-order valence-corrected chi connectivity index (χ0v) is 24.6. The van der Waals surface area contributed by atoms with Gasteiger partial charge in [-0.15, -0.1) is 0 Å². The number of hydrogen-bond donors (Lipinski definition) is 0. The number of hydrogen-bond acceptors (Lipinski definition) is 2. The minimum absolute atomic E-state index is 0.0868. The van der Waals surface area contributed by atoms with Crippen LogP contribution in [0.2, 0.25) is 0 Å². The average molecular weight is 551 g/mol. The molecule has 5 rings (SSSR count). The Morgan fingerprint density at radius 1 is 0.700 bits per heavy atom. The first-order valence-electron chi connectivity index (χ1n) is 16.0. The van der Waals surface area contributed by atoms with E-state index in [1.54, 1.807) is 6.92 Å². The minimum Gasteiger partial charge on any atom is -0.491 e. The van der Waals surface area contributed by atoms with Crippen LogP contribution in [0.1, 0.15) is 108 Å². The van der Waals surface area contributed by atoms with Crippen LogP contribution >= 0.6 is 0 Å². The highest BCUT2D eigenvalue weighted by molar-refractivity contribution is 5.35. The summed E-state index contributed by atoms with van der Waals surface area (Å²) >= 11 is 0. The molecule has 218 valence electrons. The Bertz CT molecular complexity index is 1100. The molecule has 40 heavy (non-hydrogen) atoms. The van der Waals surface area contributed by atoms with E-state index < -0.39 is 11.6 Å². The van der Waals surface area contributed by atoms with Gasteiger partial charge < -0.3 is 9.47 Å². The lowest BCUT2D eigenvalue weighted by molar-refractivity contribution is 0.133. The van der Waals surface area contributed by atoms with Crippen LogP contribution in [0.15, 0.2) is 48.6 Å². The molecule has 3 aliphatic rings. The van der Waals surface area contributed by atoms with Crippen LogP contribution < -0.4 is 9.47 Å². The summed E-state index contributed by atoms with van der Waals surface area (Å²) in [6.07, 6.45) is 21.7. The zero-order chi connectivity index (χ0) is 27.9. The van der Waals surface area contributed by atoms with E-state index in [1.165, 1.54) is 94.7 Å². The van der Waals surface area contributed by atoms with Gasteiger partial charge in [-0.25, -0.2) is 0 Å². The molecule has 0 aliphatic heterocycles. The number of rotatable bonds is 10. The maximum atomic E-state index is 14.3. The Balaban J connectivity index is 1.08. The van der Waals surface area contributed by atoms with Crippen LogP contribution in [0.4, 0.5) is 8.78 Å². The molecule has 4 heteroatoms. The van der Waals surface area contributed by atoms with Crippen LogP contribution in [0.3, 0.4) is 0 Å². The van der Waals surface area contributed by atoms with Gasteiger partial charge >= 0.3 is 0 Å². The minimum atomic E-state index is -1.00. The van der Waals surface area contributed by atoms with Gasteiger partial charge in [0.1, 0.15) is 6.61 Å². The smallest absolute Gasteiger partial charge is 0.204 e. The lowest BCUT2D eigenvalue weighted by Crippen LogP contribution is -2.30. The van der Waals surface area contributed by atoms with Crippen molar-refractivity contribution < 1.29 is 18.3 Å². The highest BCUT2D eigenvalue weighted by Gasteiger charge is 2.35.